The molecule has 0 saturated heterocycles. The maximum absolute atomic E-state index is 12.6. The van der Waals surface area contributed by atoms with Gasteiger partial charge in [-0.05, 0) is 18.2 Å². The number of fused-ring (bicyclic) bond motifs is 1. The van der Waals surface area contributed by atoms with Crippen molar-refractivity contribution in [2.45, 2.75) is 0 Å². The number of hydrogen-bond donors (Lipinski definition) is 1. The van der Waals surface area contributed by atoms with Gasteiger partial charge >= 0.3 is 0 Å². The van der Waals surface area contributed by atoms with Gasteiger partial charge in [0.05, 0.1) is 21.4 Å². The average Bonchev–Trinajstić information content (AvgIpc) is 2.90. The number of carbonyl (C=O) groups excluding carboxylic acids is 1. The number of carbonyl (C=O) groups is 1. The highest BCUT2D eigenvalue weighted by Gasteiger charge is 2.22. The molecule has 0 spiro atoms. The van der Waals surface area contributed by atoms with Crippen LogP contribution < -0.4 is 0 Å². The predicted octanol–water partition coefficient (Wildman–Crippen LogP) is 4.07. The molecule has 5 nitrogen and oxygen atoms in total. The van der Waals surface area contributed by atoms with E-state index in [2.05, 4.69) is 20.9 Å². The number of rotatable bonds is 3. The second-order valence-corrected chi connectivity index (χ2v) is 5.32. The van der Waals surface area contributed by atoms with Crippen LogP contribution in [0.1, 0.15) is 15.9 Å². The van der Waals surface area contributed by atoms with Gasteiger partial charge < -0.3 is 4.98 Å². The van der Waals surface area contributed by atoms with E-state index >= 15 is 0 Å². The van der Waals surface area contributed by atoms with Crippen LogP contribution in [-0.2, 0) is 0 Å². The van der Waals surface area contributed by atoms with Crippen LogP contribution in [0.5, 0.6) is 0 Å². The van der Waals surface area contributed by atoms with Gasteiger partial charge in [-0.3, -0.25) is 14.9 Å². The fraction of sp³-hybridized carbons (Fsp3) is 0. The summed E-state index contributed by atoms with van der Waals surface area (Å²) in [5.74, 6) is -0.261. The Morgan fingerprint density at radius 3 is 2.57 bits per heavy atom. The Labute approximate surface area is 127 Å². The summed E-state index contributed by atoms with van der Waals surface area (Å²) >= 11 is 3.33. The van der Waals surface area contributed by atoms with E-state index in [1.54, 1.807) is 36.4 Å². The number of non-ortho nitro benzene ring substituents is 1. The Balaban J connectivity index is 2.24. The minimum Gasteiger partial charge on any atom is -0.360 e. The largest absolute Gasteiger partial charge is 0.360 e. The number of H-pyrrole nitrogens is 1. The van der Waals surface area contributed by atoms with Crippen molar-refractivity contribution in [1.29, 1.82) is 0 Å². The number of benzene rings is 2. The summed E-state index contributed by atoms with van der Waals surface area (Å²) in [4.78, 5) is 26.2. The number of ketones is 1. The number of nitrogens with one attached hydrogen (secondary N) is 1. The lowest BCUT2D eigenvalue weighted by Gasteiger charge is -2.02. The van der Waals surface area contributed by atoms with Gasteiger partial charge in [0, 0.05) is 22.3 Å². The summed E-state index contributed by atoms with van der Waals surface area (Å²) in [5.41, 5.74) is 1.25. The molecule has 21 heavy (non-hydrogen) atoms. The van der Waals surface area contributed by atoms with Gasteiger partial charge in [-0.1, -0.05) is 34.1 Å². The number of nitro benzene ring substituents is 1. The molecular formula is C15H9BrN2O3. The smallest absolute Gasteiger partial charge is 0.279 e. The number of aromatic nitrogens is 1. The molecule has 1 N–H and O–H groups in total. The van der Waals surface area contributed by atoms with E-state index in [1.165, 1.54) is 12.3 Å². The van der Waals surface area contributed by atoms with E-state index in [0.717, 1.165) is 0 Å². The van der Waals surface area contributed by atoms with E-state index < -0.39 is 4.92 Å². The third kappa shape index (κ3) is 2.23. The Kier molecular flexibility index (Phi) is 3.31. The van der Waals surface area contributed by atoms with Crippen LogP contribution in [0.3, 0.4) is 0 Å². The average molecular weight is 345 g/mol. The number of hydrogen-bond acceptors (Lipinski definition) is 3. The molecule has 0 aliphatic rings. The Morgan fingerprint density at radius 1 is 1.10 bits per heavy atom. The third-order valence-electron chi connectivity index (χ3n) is 3.24. The number of halogens is 1. The zero-order valence-electron chi connectivity index (χ0n) is 10.7. The first kappa shape index (κ1) is 13.5. The first-order valence-corrected chi connectivity index (χ1v) is 6.92. The van der Waals surface area contributed by atoms with E-state index in [4.69, 9.17) is 0 Å². The molecule has 1 aromatic heterocycles. The highest BCUT2D eigenvalue weighted by molar-refractivity contribution is 9.10. The minimum atomic E-state index is -0.479. The van der Waals surface area contributed by atoms with Gasteiger partial charge in [0.25, 0.3) is 5.69 Å². The van der Waals surface area contributed by atoms with Crippen LogP contribution in [0.2, 0.25) is 0 Å². The SMILES string of the molecule is O=C(c1ccccc1Br)c1c[nH]c2cccc([N+](=O)[O-])c12. The van der Waals surface area contributed by atoms with Crippen LogP contribution in [0, 0.1) is 10.1 Å². The Morgan fingerprint density at radius 2 is 1.86 bits per heavy atom. The molecule has 6 heteroatoms. The minimum absolute atomic E-state index is 0.0795. The predicted molar refractivity (Wildman–Crippen MR) is 82.5 cm³/mol. The molecule has 104 valence electrons. The van der Waals surface area contributed by atoms with E-state index in [-0.39, 0.29) is 11.5 Å². The fourth-order valence-corrected chi connectivity index (χ4v) is 2.75. The normalized spacial score (nSPS) is 10.7. The molecule has 1 heterocycles. The van der Waals surface area contributed by atoms with Gasteiger partial charge in [0.15, 0.2) is 5.78 Å². The zero-order chi connectivity index (χ0) is 15.0. The molecule has 3 rings (SSSR count). The summed E-state index contributed by atoms with van der Waals surface area (Å²) < 4.78 is 0.655. The maximum atomic E-state index is 12.6. The highest BCUT2D eigenvalue weighted by atomic mass is 79.9. The van der Waals surface area contributed by atoms with Gasteiger partial charge in [-0.15, -0.1) is 0 Å². The van der Waals surface area contributed by atoms with Gasteiger partial charge in [-0.25, -0.2) is 0 Å². The lowest BCUT2D eigenvalue weighted by atomic mass is 10.0. The van der Waals surface area contributed by atoms with Crippen molar-refractivity contribution < 1.29 is 9.72 Å². The standard InChI is InChI=1S/C15H9BrN2O3/c16-11-5-2-1-4-9(11)15(19)10-8-17-12-6-3-7-13(14(10)12)18(20)21/h1-8,17H. The van der Waals surface area contributed by atoms with Crippen LogP contribution in [0.25, 0.3) is 10.9 Å². The van der Waals surface area contributed by atoms with E-state index in [1.807, 2.05) is 0 Å². The van der Waals surface area contributed by atoms with Gasteiger partial charge in [0.2, 0.25) is 0 Å². The molecule has 0 aliphatic carbocycles. The topological polar surface area (TPSA) is 76.0 Å². The number of nitro groups is 1. The monoisotopic (exact) mass is 344 g/mol. The molecule has 2 aromatic carbocycles. The summed E-state index contributed by atoms with van der Waals surface area (Å²) in [7, 11) is 0. The van der Waals surface area contributed by atoms with Crippen LogP contribution in [0.4, 0.5) is 5.69 Å². The van der Waals surface area contributed by atoms with Crippen molar-refractivity contribution in [2.24, 2.45) is 0 Å². The molecule has 0 radical (unpaired) electrons. The number of nitrogens with zero attached hydrogens (tertiary/aromatic N) is 1. The third-order valence-corrected chi connectivity index (χ3v) is 3.94. The van der Waals surface area contributed by atoms with E-state index in [9.17, 15) is 14.9 Å². The summed E-state index contributed by atoms with van der Waals surface area (Å²) in [6, 6.07) is 11.7. The fourth-order valence-electron chi connectivity index (χ4n) is 2.29. The first-order chi connectivity index (χ1) is 10.1. The Bertz CT molecular complexity index is 870. The quantitative estimate of drug-likeness (QED) is 0.442. The summed E-state index contributed by atoms with van der Waals surface area (Å²) in [6.07, 6.45) is 1.51. The molecular weight excluding hydrogens is 336 g/mol. The molecule has 0 atom stereocenters. The van der Waals surface area contributed by atoms with Crippen molar-refractivity contribution in [3.63, 3.8) is 0 Å². The number of aromatic amines is 1. The van der Waals surface area contributed by atoms with Crippen LogP contribution in [-0.4, -0.2) is 15.7 Å². The molecule has 0 aliphatic heterocycles. The van der Waals surface area contributed by atoms with Crippen molar-refractivity contribution in [3.05, 3.63) is 74.4 Å². The van der Waals surface area contributed by atoms with Crippen molar-refractivity contribution in [2.75, 3.05) is 0 Å². The van der Waals surface area contributed by atoms with Crippen LogP contribution in [0.15, 0.2) is 53.1 Å². The molecule has 0 bridgehead atoms. The molecule has 0 amide bonds. The van der Waals surface area contributed by atoms with Crippen LogP contribution >= 0.6 is 15.9 Å². The molecule has 3 aromatic rings. The zero-order valence-corrected chi connectivity index (χ0v) is 12.3. The Hall–Kier alpha value is -2.47. The summed E-state index contributed by atoms with van der Waals surface area (Å²) in [5, 5.41) is 11.5. The summed E-state index contributed by atoms with van der Waals surface area (Å²) in [6.45, 7) is 0. The molecule has 0 unspecified atom stereocenters. The van der Waals surface area contributed by atoms with Crippen molar-refractivity contribution >= 4 is 38.3 Å². The van der Waals surface area contributed by atoms with Gasteiger partial charge in [-0.2, -0.15) is 0 Å². The van der Waals surface area contributed by atoms with Gasteiger partial charge in [0.1, 0.15) is 0 Å². The highest BCUT2D eigenvalue weighted by Crippen LogP contribution is 2.31. The maximum Gasteiger partial charge on any atom is 0.279 e. The second kappa shape index (κ2) is 5.14. The molecule has 0 fully saturated rings. The molecule has 0 saturated carbocycles. The van der Waals surface area contributed by atoms with Crippen molar-refractivity contribution in [3.8, 4) is 0 Å². The first-order valence-electron chi connectivity index (χ1n) is 6.13. The lowest BCUT2D eigenvalue weighted by molar-refractivity contribution is -0.383. The van der Waals surface area contributed by atoms with Crippen molar-refractivity contribution in [1.82, 2.24) is 4.98 Å². The van der Waals surface area contributed by atoms with E-state index in [0.29, 0.717) is 26.5 Å². The lowest BCUT2D eigenvalue weighted by Crippen LogP contribution is -2.02. The second-order valence-electron chi connectivity index (χ2n) is 4.47.